The maximum absolute atomic E-state index is 13.6. The number of aryl methyl sites for hydroxylation is 2. The van der Waals surface area contributed by atoms with Crippen molar-refractivity contribution in [1.82, 2.24) is 0 Å². The summed E-state index contributed by atoms with van der Waals surface area (Å²) in [6.07, 6.45) is 3.15. The van der Waals surface area contributed by atoms with Crippen LogP contribution in [0.25, 0.3) is 0 Å². The highest BCUT2D eigenvalue weighted by molar-refractivity contribution is 7.86. The summed E-state index contributed by atoms with van der Waals surface area (Å²) in [5.41, 5.74) is 1.97. The Kier molecular flexibility index (Phi) is 7.32. The van der Waals surface area contributed by atoms with E-state index in [4.69, 9.17) is 0 Å². The van der Waals surface area contributed by atoms with Crippen LogP contribution in [0.2, 0.25) is 0 Å². The highest BCUT2D eigenvalue weighted by Crippen LogP contribution is 2.45. The van der Waals surface area contributed by atoms with Crippen molar-refractivity contribution in [3.63, 3.8) is 0 Å². The van der Waals surface area contributed by atoms with Crippen molar-refractivity contribution in [2.45, 2.75) is 77.9 Å². The van der Waals surface area contributed by atoms with Gasteiger partial charge in [-0.1, -0.05) is 73.4 Å². The van der Waals surface area contributed by atoms with Gasteiger partial charge in [-0.25, -0.2) is 4.21 Å². The fourth-order valence-corrected chi connectivity index (χ4v) is 7.94. The van der Waals surface area contributed by atoms with Gasteiger partial charge in [-0.2, -0.15) is 0 Å². The van der Waals surface area contributed by atoms with Gasteiger partial charge in [0.1, 0.15) is 0 Å². The van der Waals surface area contributed by atoms with Crippen LogP contribution in [0.1, 0.15) is 55.2 Å². The Morgan fingerprint density at radius 1 is 0.848 bits per heavy atom. The molecule has 1 fully saturated rings. The van der Waals surface area contributed by atoms with Gasteiger partial charge in [-0.15, -0.1) is 0 Å². The van der Waals surface area contributed by atoms with Crippen LogP contribution in [0, 0.1) is 13.8 Å². The fraction of sp³-hybridized carbons (Fsp3) is 0.357. The minimum Gasteiger partial charge on any atom is -0.388 e. The summed E-state index contributed by atoms with van der Waals surface area (Å²) in [7, 11) is -2.68. The molecule has 0 radical (unpaired) electrons. The van der Waals surface area contributed by atoms with E-state index in [-0.39, 0.29) is 11.2 Å². The molecule has 1 aliphatic rings. The number of hydrogen-bond acceptors (Lipinski definition) is 3. The van der Waals surface area contributed by atoms with E-state index in [2.05, 4.69) is 0 Å². The van der Waals surface area contributed by atoms with Gasteiger partial charge in [-0.05, 0) is 62.6 Å². The monoisotopic (exact) mass is 480 g/mol. The van der Waals surface area contributed by atoms with Crippen LogP contribution in [0.15, 0.2) is 87.5 Å². The normalized spacial score (nSPS) is 23.6. The lowest BCUT2D eigenvalue weighted by Crippen LogP contribution is -2.51. The highest BCUT2D eigenvalue weighted by Gasteiger charge is 2.47. The van der Waals surface area contributed by atoms with Gasteiger partial charge in [0.05, 0.1) is 32.5 Å². The number of hydrogen-bond donors (Lipinski definition) is 1. The predicted octanol–water partition coefficient (Wildman–Crippen LogP) is 6.06. The number of aliphatic hydroxyl groups is 1. The van der Waals surface area contributed by atoms with E-state index in [1.54, 1.807) is 0 Å². The molecule has 0 amide bonds. The zero-order valence-electron chi connectivity index (χ0n) is 19.5. The summed E-state index contributed by atoms with van der Waals surface area (Å²) in [6, 6.07) is 23.2. The van der Waals surface area contributed by atoms with Crippen LogP contribution in [0.3, 0.4) is 0 Å². The molecule has 174 valence electrons. The van der Waals surface area contributed by atoms with Gasteiger partial charge in [0.2, 0.25) is 0 Å². The summed E-state index contributed by atoms with van der Waals surface area (Å²) in [5, 5.41) is 11.7. The van der Waals surface area contributed by atoms with E-state index in [1.165, 1.54) is 0 Å². The molecule has 33 heavy (non-hydrogen) atoms. The molecular weight excluding hydrogens is 448 g/mol. The van der Waals surface area contributed by atoms with Crippen LogP contribution in [-0.2, 0) is 21.6 Å². The molecule has 4 rings (SSSR count). The van der Waals surface area contributed by atoms with Crippen LogP contribution >= 0.6 is 0 Å². The second-order valence-electron chi connectivity index (χ2n) is 9.18. The van der Waals surface area contributed by atoms with E-state index < -0.39 is 27.2 Å². The Balaban J connectivity index is 1.70. The Bertz CT molecular complexity index is 1150. The molecule has 0 aromatic heterocycles. The minimum atomic E-state index is -1.36. The first-order chi connectivity index (χ1) is 15.8. The SMILES string of the molecule is Cc1ccc([S@](=O)c2ccccc2[C@H](C)[C@@]2(O)CCCC[C@@H]2[S@@](=O)c2ccc(C)cc2)cc1. The van der Waals surface area contributed by atoms with Crippen molar-refractivity contribution in [2.75, 3.05) is 0 Å². The quantitative estimate of drug-likeness (QED) is 0.467. The molecule has 0 aliphatic heterocycles. The first-order valence-electron chi connectivity index (χ1n) is 11.6. The van der Waals surface area contributed by atoms with E-state index in [0.29, 0.717) is 17.7 Å². The average Bonchev–Trinajstić information content (AvgIpc) is 2.84. The first-order valence-corrected chi connectivity index (χ1v) is 13.9. The summed E-state index contributed by atoms with van der Waals surface area (Å²) in [5.74, 6) is -0.303. The lowest BCUT2D eigenvalue weighted by atomic mass is 9.73. The minimum absolute atomic E-state index is 0.303. The molecule has 3 aromatic carbocycles. The lowest BCUT2D eigenvalue weighted by Gasteiger charge is -2.44. The highest BCUT2D eigenvalue weighted by atomic mass is 32.2. The van der Waals surface area contributed by atoms with Crippen molar-refractivity contribution < 1.29 is 13.5 Å². The standard InChI is InChI=1S/C28H32O3S2/c1-20-11-15-23(16-12-20)32(30)26-9-5-4-8-25(26)22(3)28(29)19-7-6-10-27(28)33(31)24-17-13-21(2)14-18-24/h4-5,8-9,11-18,22,27,29H,6-7,10,19H2,1-3H3/t22-,27-,28-,32-,33-/m0/s1. The first kappa shape index (κ1) is 24.1. The third-order valence-corrected chi connectivity index (χ3v) is 10.3. The van der Waals surface area contributed by atoms with Crippen LogP contribution in [-0.4, -0.2) is 24.4 Å². The fourth-order valence-electron chi connectivity index (χ4n) is 4.84. The van der Waals surface area contributed by atoms with Crippen molar-refractivity contribution >= 4 is 21.6 Å². The van der Waals surface area contributed by atoms with Crippen molar-refractivity contribution in [2.24, 2.45) is 0 Å². The largest absolute Gasteiger partial charge is 0.388 e. The van der Waals surface area contributed by atoms with Gasteiger partial charge in [-0.3, -0.25) is 4.21 Å². The maximum Gasteiger partial charge on any atom is 0.0860 e. The lowest BCUT2D eigenvalue weighted by molar-refractivity contribution is -0.0124. The molecule has 5 atom stereocenters. The van der Waals surface area contributed by atoms with Crippen molar-refractivity contribution in [1.29, 1.82) is 0 Å². The molecule has 0 unspecified atom stereocenters. The van der Waals surface area contributed by atoms with Gasteiger partial charge in [0, 0.05) is 20.6 Å². The second kappa shape index (κ2) is 10.0. The third kappa shape index (κ3) is 4.91. The van der Waals surface area contributed by atoms with E-state index >= 15 is 0 Å². The second-order valence-corrected chi connectivity index (χ2v) is 12.3. The molecule has 0 saturated heterocycles. The summed E-state index contributed by atoms with van der Waals surface area (Å²) >= 11 is 0. The van der Waals surface area contributed by atoms with E-state index in [1.807, 2.05) is 93.6 Å². The molecule has 5 heteroatoms. The summed E-state index contributed by atoms with van der Waals surface area (Å²) < 4.78 is 27.1. The summed E-state index contributed by atoms with van der Waals surface area (Å²) in [4.78, 5) is 2.22. The van der Waals surface area contributed by atoms with Gasteiger partial charge < -0.3 is 5.11 Å². The third-order valence-electron chi connectivity index (χ3n) is 6.93. The molecule has 3 aromatic rings. The van der Waals surface area contributed by atoms with Gasteiger partial charge >= 0.3 is 0 Å². The van der Waals surface area contributed by atoms with E-state index in [0.717, 1.165) is 39.3 Å². The van der Waals surface area contributed by atoms with E-state index in [9.17, 15) is 13.5 Å². The van der Waals surface area contributed by atoms with Crippen molar-refractivity contribution in [3.8, 4) is 0 Å². The molecule has 1 saturated carbocycles. The maximum atomic E-state index is 13.6. The van der Waals surface area contributed by atoms with Crippen LogP contribution in [0.4, 0.5) is 0 Å². The topological polar surface area (TPSA) is 54.4 Å². The number of benzene rings is 3. The molecule has 1 N–H and O–H groups in total. The van der Waals surface area contributed by atoms with Gasteiger partial charge in [0.15, 0.2) is 0 Å². The van der Waals surface area contributed by atoms with Crippen molar-refractivity contribution in [3.05, 3.63) is 89.5 Å². The summed E-state index contributed by atoms with van der Waals surface area (Å²) in [6.45, 7) is 6.02. The van der Waals surface area contributed by atoms with Crippen LogP contribution in [0.5, 0.6) is 0 Å². The molecule has 1 aliphatic carbocycles. The average molecular weight is 481 g/mol. The van der Waals surface area contributed by atoms with Crippen LogP contribution < -0.4 is 0 Å². The Morgan fingerprint density at radius 2 is 1.42 bits per heavy atom. The molecule has 0 bridgehead atoms. The Hall–Kier alpha value is -2.08. The Labute approximate surface area is 202 Å². The molecular formula is C28H32O3S2. The smallest absolute Gasteiger partial charge is 0.0860 e. The zero-order chi connectivity index (χ0) is 23.6. The molecule has 0 heterocycles. The van der Waals surface area contributed by atoms with Gasteiger partial charge in [0.25, 0.3) is 0 Å². The zero-order valence-corrected chi connectivity index (χ0v) is 21.1. The Morgan fingerprint density at radius 3 is 2.06 bits per heavy atom. The molecule has 0 spiro atoms. The molecule has 3 nitrogen and oxygen atoms in total. The number of rotatable bonds is 6. The predicted molar refractivity (Wildman–Crippen MR) is 136 cm³/mol.